The molecule has 0 aromatic heterocycles. The van der Waals surface area contributed by atoms with Gasteiger partial charge in [0.25, 0.3) is 0 Å². The minimum atomic E-state index is -0.0185. The van der Waals surface area contributed by atoms with E-state index in [-0.39, 0.29) is 32.7 Å². The van der Waals surface area contributed by atoms with E-state index in [1.807, 2.05) is 24.3 Å². The first-order chi connectivity index (χ1) is 11.2. The van der Waals surface area contributed by atoms with Gasteiger partial charge in [-0.1, -0.05) is 69.5 Å². The van der Waals surface area contributed by atoms with E-state index in [2.05, 4.69) is 41.5 Å². The lowest BCUT2D eigenvalue weighted by atomic mass is 10.3. The van der Waals surface area contributed by atoms with Crippen LogP contribution in [0.1, 0.15) is 41.5 Å². The molecule has 0 N–H and O–H groups in total. The molecule has 26 heavy (non-hydrogen) atoms. The molecule has 1 heterocycles. The molecule has 1 aromatic carbocycles. The molecule has 0 saturated heterocycles. The van der Waals surface area contributed by atoms with Crippen molar-refractivity contribution in [2.75, 3.05) is 37.9 Å². The van der Waals surface area contributed by atoms with Crippen molar-refractivity contribution in [3.05, 3.63) is 24.3 Å². The van der Waals surface area contributed by atoms with Crippen LogP contribution >= 0.6 is 15.8 Å². The van der Waals surface area contributed by atoms with Crippen molar-refractivity contribution in [3.8, 4) is 11.5 Å². The fourth-order valence-corrected chi connectivity index (χ4v) is 8.71. The Bertz CT molecular complexity index is 480. The minimum absolute atomic E-state index is 0. The number of hydrogen-bond acceptors (Lipinski definition) is 2. The summed E-state index contributed by atoms with van der Waals surface area (Å²) in [7, 11) is -0.0370. The fraction of sp³-hybridized carbons (Fsp3) is 0.700. The van der Waals surface area contributed by atoms with Crippen LogP contribution in [0.4, 0.5) is 0 Å². The van der Waals surface area contributed by atoms with Crippen molar-refractivity contribution in [2.24, 2.45) is 0 Å². The summed E-state index contributed by atoms with van der Waals surface area (Å²) in [5, 5.41) is 0.801. The Hall–Kier alpha value is -0.190. The molecule has 0 unspecified atom stereocenters. The molecule has 0 saturated carbocycles. The SMILES string of the molecule is CC(C)(C)[P@]1CCOc2ccccc2OCC[P@](C(C)(C)C)CC1.[B].[B]. The van der Waals surface area contributed by atoms with Crippen molar-refractivity contribution in [3.63, 3.8) is 0 Å². The minimum Gasteiger partial charge on any atom is -0.489 e. The average molecular weight is 390 g/mol. The maximum atomic E-state index is 6.08. The van der Waals surface area contributed by atoms with Crippen LogP contribution in [0.5, 0.6) is 11.5 Å². The molecule has 6 heteroatoms. The van der Waals surface area contributed by atoms with Crippen LogP contribution in [0.2, 0.25) is 0 Å². The van der Waals surface area contributed by atoms with Gasteiger partial charge in [0, 0.05) is 29.1 Å². The van der Waals surface area contributed by atoms with Crippen molar-refractivity contribution < 1.29 is 9.47 Å². The molecule has 2 nitrogen and oxygen atoms in total. The smallest absolute Gasteiger partial charge is 0.161 e. The van der Waals surface area contributed by atoms with Gasteiger partial charge in [0.2, 0.25) is 0 Å². The van der Waals surface area contributed by atoms with Crippen LogP contribution in [0.25, 0.3) is 0 Å². The Balaban J connectivity index is 0.00000312. The first-order valence-corrected chi connectivity index (χ1v) is 12.4. The first kappa shape index (κ1) is 25.8. The van der Waals surface area contributed by atoms with Gasteiger partial charge in [-0.15, -0.1) is 0 Å². The highest BCUT2D eigenvalue weighted by Crippen LogP contribution is 2.55. The molecule has 6 radical (unpaired) electrons. The van der Waals surface area contributed by atoms with Crippen molar-refractivity contribution >= 4 is 32.7 Å². The number of ether oxygens (including phenoxy) is 2. The number of fused-ring (bicyclic) bond motifs is 1. The second kappa shape index (κ2) is 11.0. The van der Waals surface area contributed by atoms with Gasteiger partial charge in [-0.3, -0.25) is 0 Å². The molecular weight excluding hydrogens is 356 g/mol. The Morgan fingerprint density at radius 2 is 1.00 bits per heavy atom. The third kappa shape index (κ3) is 7.82. The monoisotopic (exact) mass is 390 g/mol. The highest BCUT2D eigenvalue weighted by Gasteiger charge is 2.29. The highest BCUT2D eigenvalue weighted by molar-refractivity contribution is 7.63. The van der Waals surface area contributed by atoms with Crippen LogP contribution in [0, 0.1) is 0 Å². The van der Waals surface area contributed by atoms with E-state index in [0.29, 0.717) is 10.3 Å². The summed E-state index contributed by atoms with van der Waals surface area (Å²) >= 11 is 0. The summed E-state index contributed by atoms with van der Waals surface area (Å²) in [5.74, 6) is 1.81. The van der Waals surface area contributed by atoms with Crippen molar-refractivity contribution in [1.82, 2.24) is 0 Å². The standard InChI is InChI=1S/C20H34O2P2.2B/c1-19(2,3)23-13-11-21-17-9-7-8-10-18(17)22-12-14-24(16-15-23)20(4,5)6;;/h7-10H,11-16H2,1-6H3;;/t23-,24+;;. The Morgan fingerprint density at radius 3 is 1.31 bits per heavy atom. The van der Waals surface area contributed by atoms with E-state index in [1.165, 1.54) is 24.6 Å². The Morgan fingerprint density at radius 1 is 0.654 bits per heavy atom. The number of benzene rings is 1. The van der Waals surface area contributed by atoms with Crippen molar-refractivity contribution in [1.29, 1.82) is 0 Å². The van der Waals surface area contributed by atoms with E-state index >= 15 is 0 Å². The Labute approximate surface area is 167 Å². The normalized spacial score (nSPS) is 22.1. The van der Waals surface area contributed by atoms with Gasteiger partial charge in [-0.2, -0.15) is 0 Å². The van der Waals surface area contributed by atoms with Gasteiger partial charge in [-0.25, -0.2) is 0 Å². The maximum Gasteiger partial charge on any atom is 0.161 e. The lowest BCUT2D eigenvalue weighted by Gasteiger charge is -2.37. The zero-order valence-electron chi connectivity index (χ0n) is 17.4. The van der Waals surface area contributed by atoms with Crippen LogP contribution in [0.3, 0.4) is 0 Å². The molecular formula is C20H34B2O2P2. The predicted octanol–water partition coefficient (Wildman–Crippen LogP) is 5.26. The predicted molar refractivity (Wildman–Crippen MR) is 122 cm³/mol. The van der Waals surface area contributed by atoms with Gasteiger partial charge in [0.15, 0.2) is 11.5 Å². The second-order valence-corrected chi connectivity index (χ2v) is 15.1. The molecule has 2 atom stereocenters. The Kier molecular flexibility index (Phi) is 10.9. The molecule has 0 aliphatic carbocycles. The van der Waals surface area contributed by atoms with E-state index in [0.717, 1.165) is 24.7 Å². The topological polar surface area (TPSA) is 18.5 Å². The van der Waals surface area contributed by atoms with E-state index in [9.17, 15) is 0 Å². The summed E-state index contributed by atoms with van der Waals surface area (Å²) in [6, 6.07) is 8.13. The summed E-state index contributed by atoms with van der Waals surface area (Å²) in [4.78, 5) is 0. The third-order valence-electron chi connectivity index (χ3n) is 4.62. The van der Waals surface area contributed by atoms with E-state index in [4.69, 9.17) is 9.47 Å². The molecule has 0 bridgehead atoms. The van der Waals surface area contributed by atoms with Crippen LogP contribution in [-0.2, 0) is 0 Å². The second-order valence-electron chi connectivity index (χ2n) is 8.46. The molecule has 0 amide bonds. The summed E-state index contributed by atoms with van der Waals surface area (Å²) < 4.78 is 12.2. The van der Waals surface area contributed by atoms with Crippen LogP contribution in [0.15, 0.2) is 24.3 Å². The van der Waals surface area contributed by atoms with Crippen LogP contribution < -0.4 is 9.47 Å². The van der Waals surface area contributed by atoms with Gasteiger partial charge >= 0.3 is 0 Å². The zero-order valence-corrected chi connectivity index (χ0v) is 19.2. The molecule has 0 spiro atoms. The number of hydrogen-bond donors (Lipinski definition) is 0. The van der Waals surface area contributed by atoms with Gasteiger partial charge in [-0.05, 0) is 34.8 Å². The molecule has 1 aliphatic rings. The average Bonchev–Trinajstić information content (AvgIpc) is 2.45. The first-order valence-electron chi connectivity index (χ1n) is 9.03. The third-order valence-corrected chi connectivity index (χ3v) is 11.7. The number of para-hydroxylation sites is 2. The van der Waals surface area contributed by atoms with Crippen LogP contribution in [-0.4, -0.2) is 65.0 Å². The number of rotatable bonds is 0. The van der Waals surface area contributed by atoms with Gasteiger partial charge in [0.1, 0.15) is 0 Å². The summed E-state index contributed by atoms with van der Waals surface area (Å²) in [5.41, 5.74) is 0. The lowest BCUT2D eigenvalue weighted by molar-refractivity contribution is 0.289. The molecule has 0 fully saturated rings. The van der Waals surface area contributed by atoms with E-state index < -0.39 is 0 Å². The van der Waals surface area contributed by atoms with Gasteiger partial charge in [0.05, 0.1) is 13.2 Å². The summed E-state index contributed by atoms with van der Waals surface area (Å²) in [6.07, 6.45) is 5.10. The largest absolute Gasteiger partial charge is 0.489 e. The highest BCUT2D eigenvalue weighted by atomic mass is 31.1. The molecule has 2 rings (SSSR count). The maximum absolute atomic E-state index is 6.08. The lowest BCUT2D eigenvalue weighted by Crippen LogP contribution is -2.24. The molecule has 1 aromatic rings. The van der Waals surface area contributed by atoms with E-state index in [1.54, 1.807) is 0 Å². The zero-order chi connectivity index (χ0) is 17.8. The summed E-state index contributed by atoms with van der Waals surface area (Å²) in [6.45, 7) is 16.0. The molecule has 1 aliphatic heterocycles. The van der Waals surface area contributed by atoms with Crippen molar-refractivity contribution in [2.45, 2.75) is 51.9 Å². The fourth-order valence-electron chi connectivity index (χ4n) is 3.03. The quantitative estimate of drug-likeness (QED) is 0.445. The molecule has 142 valence electrons. The van der Waals surface area contributed by atoms with Gasteiger partial charge < -0.3 is 9.47 Å².